The van der Waals surface area contributed by atoms with Crippen molar-refractivity contribution in [3.05, 3.63) is 71.8 Å². The third-order valence-electron chi connectivity index (χ3n) is 4.57. The normalized spacial score (nSPS) is 16.7. The Morgan fingerprint density at radius 1 is 1.00 bits per heavy atom. The van der Waals surface area contributed by atoms with E-state index in [0.29, 0.717) is 5.56 Å². The molecule has 0 bridgehead atoms. The van der Waals surface area contributed by atoms with Gasteiger partial charge in [-0.25, -0.2) is 0 Å². The molecular formula is C21H24N2O2S. The highest BCUT2D eigenvalue weighted by Gasteiger charge is 2.21. The van der Waals surface area contributed by atoms with Gasteiger partial charge >= 0.3 is 0 Å². The molecule has 1 atom stereocenters. The van der Waals surface area contributed by atoms with Crippen LogP contribution in [-0.4, -0.2) is 58.9 Å². The molecule has 1 fully saturated rings. The Balaban J connectivity index is 1.49. The number of benzene rings is 2. The summed E-state index contributed by atoms with van der Waals surface area (Å²) in [7, 11) is -1.02. The van der Waals surface area contributed by atoms with Crippen LogP contribution in [0, 0.1) is 0 Å². The minimum atomic E-state index is -1.02. The summed E-state index contributed by atoms with van der Waals surface area (Å²) in [5, 5.41) is 0. The van der Waals surface area contributed by atoms with Crippen molar-refractivity contribution in [2.45, 2.75) is 4.90 Å². The number of nitrogens with zero attached hydrogens (tertiary/aromatic N) is 2. The number of carbonyl (C=O) groups excluding carboxylic acids is 1. The zero-order valence-corrected chi connectivity index (χ0v) is 15.8. The summed E-state index contributed by atoms with van der Waals surface area (Å²) in [5.74, 6) is 0.0536. The van der Waals surface area contributed by atoms with Crippen LogP contribution in [0.5, 0.6) is 0 Å². The molecule has 3 rings (SSSR count). The van der Waals surface area contributed by atoms with E-state index < -0.39 is 10.8 Å². The van der Waals surface area contributed by atoms with Crippen LogP contribution in [0.25, 0.3) is 6.08 Å². The summed E-state index contributed by atoms with van der Waals surface area (Å²) in [6.45, 7) is 4.12. The average Bonchev–Trinajstić information content (AvgIpc) is 2.69. The van der Waals surface area contributed by atoms with Crippen LogP contribution in [0.1, 0.15) is 15.9 Å². The molecule has 0 radical (unpaired) electrons. The number of hydrogen-bond donors (Lipinski definition) is 0. The molecule has 1 unspecified atom stereocenters. The lowest BCUT2D eigenvalue weighted by Crippen LogP contribution is -2.48. The number of carbonyl (C=O) groups is 1. The van der Waals surface area contributed by atoms with Crippen LogP contribution in [0.3, 0.4) is 0 Å². The molecule has 0 saturated carbocycles. The van der Waals surface area contributed by atoms with Gasteiger partial charge in [-0.1, -0.05) is 42.5 Å². The lowest BCUT2D eigenvalue weighted by molar-refractivity contribution is 0.0650. The van der Waals surface area contributed by atoms with Gasteiger partial charge in [0.25, 0.3) is 5.91 Å². The molecule has 1 amide bonds. The lowest BCUT2D eigenvalue weighted by Gasteiger charge is -2.34. The van der Waals surface area contributed by atoms with Gasteiger partial charge in [-0.2, -0.15) is 0 Å². The van der Waals surface area contributed by atoms with E-state index in [-0.39, 0.29) is 5.91 Å². The first-order valence-corrected chi connectivity index (χ1v) is 10.4. The van der Waals surface area contributed by atoms with Crippen molar-refractivity contribution in [2.75, 3.05) is 39.0 Å². The molecule has 136 valence electrons. The van der Waals surface area contributed by atoms with Crippen LogP contribution < -0.4 is 0 Å². The fourth-order valence-corrected chi connectivity index (χ4v) is 3.53. The molecule has 2 aromatic rings. The van der Waals surface area contributed by atoms with Crippen LogP contribution in [0.15, 0.2) is 65.6 Å². The molecule has 4 nitrogen and oxygen atoms in total. The number of amides is 1. The first kappa shape index (κ1) is 18.5. The Hall–Kier alpha value is -2.24. The SMILES string of the molecule is CS(=O)c1ccc(C(=O)N2CCN(C/C=C/c3ccccc3)CC2)cc1. The van der Waals surface area contributed by atoms with Gasteiger partial charge < -0.3 is 4.90 Å². The highest BCUT2D eigenvalue weighted by Crippen LogP contribution is 2.12. The highest BCUT2D eigenvalue weighted by atomic mass is 32.2. The summed E-state index contributed by atoms with van der Waals surface area (Å²) in [6, 6.07) is 17.4. The fraction of sp³-hybridized carbons (Fsp3) is 0.286. The zero-order valence-electron chi connectivity index (χ0n) is 15.0. The predicted molar refractivity (Wildman–Crippen MR) is 107 cm³/mol. The van der Waals surface area contributed by atoms with Crippen molar-refractivity contribution in [1.29, 1.82) is 0 Å². The summed E-state index contributed by atoms with van der Waals surface area (Å²) >= 11 is 0. The van der Waals surface area contributed by atoms with Gasteiger partial charge in [-0.05, 0) is 29.8 Å². The molecule has 0 N–H and O–H groups in total. The van der Waals surface area contributed by atoms with E-state index in [9.17, 15) is 9.00 Å². The average molecular weight is 369 g/mol. The zero-order chi connectivity index (χ0) is 18.4. The number of hydrogen-bond acceptors (Lipinski definition) is 3. The van der Waals surface area contributed by atoms with E-state index in [2.05, 4.69) is 29.2 Å². The predicted octanol–water partition coefficient (Wildman–Crippen LogP) is 2.90. The minimum Gasteiger partial charge on any atom is -0.336 e. The van der Waals surface area contributed by atoms with Gasteiger partial charge in [-0.15, -0.1) is 0 Å². The van der Waals surface area contributed by atoms with Crippen molar-refractivity contribution in [1.82, 2.24) is 9.80 Å². The first-order valence-electron chi connectivity index (χ1n) is 8.80. The minimum absolute atomic E-state index is 0.0536. The van der Waals surface area contributed by atoms with Gasteiger partial charge in [0.15, 0.2) is 0 Å². The Bertz CT molecular complexity index is 779. The van der Waals surface area contributed by atoms with Crippen molar-refractivity contribution in [2.24, 2.45) is 0 Å². The van der Waals surface area contributed by atoms with Gasteiger partial charge in [0, 0.05) is 60.2 Å². The van der Waals surface area contributed by atoms with Gasteiger partial charge in [0.2, 0.25) is 0 Å². The molecule has 0 spiro atoms. The fourth-order valence-electron chi connectivity index (χ4n) is 3.01. The molecule has 1 heterocycles. The quantitative estimate of drug-likeness (QED) is 0.815. The first-order chi connectivity index (χ1) is 12.6. The monoisotopic (exact) mass is 368 g/mol. The molecule has 0 aromatic heterocycles. The molecule has 1 aliphatic heterocycles. The second kappa shape index (κ2) is 8.92. The van der Waals surface area contributed by atoms with E-state index in [0.717, 1.165) is 37.6 Å². The maximum Gasteiger partial charge on any atom is 0.253 e. The third-order valence-corrected chi connectivity index (χ3v) is 5.50. The number of piperazine rings is 1. The maximum absolute atomic E-state index is 12.6. The second-order valence-electron chi connectivity index (χ2n) is 6.38. The lowest BCUT2D eigenvalue weighted by atomic mass is 10.2. The van der Waals surface area contributed by atoms with E-state index in [4.69, 9.17) is 0 Å². The van der Waals surface area contributed by atoms with Crippen LogP contribution in [-0.2, 0) is 10.8 Å². The van der Waals surface area contributed by atoms with E-state index in [1.165, 1.54) is 5.56 Å². The van der Waals surface area contributed by atoms with Gasteiger partial charge in [-0.3, -0.25) is 13.9 Å². The summed E-state index contributed by atoms with van der Waals surface area (Å²) in [6.07, 6.45) is 5.95. The van der Waals surface area contributed by atoms with E-state index in [1.54, 1.807) is 30.5 Å². The second-order valence-corrected chi connectivity index (χ2v) is 7.76. The Morgan fingerprint density at radius 2 is 1.65 bits per heavy atom. The molecule has 26 heavy (non-hydrogen) atoms. The summed E-state index contributed by atoms with van der Waals surface area (Å²) in [5.41, 5.74) is 1.87. The van der Waals surface area contributed by atoms with Crippen molar-refractivity contribution in [3.8, 4) is 0 Å². The third kappa shape index (κ3) is 4.90. The summed E-state index contributed by atoms with van der Waals surface area (Å²) in [4.78, 5) is 17.6. The Labute approximate surface area is 157 Å². The standard InChI is InChI=1S/C21H24N2O2S/c1-26(25)20-11-9-19(10-12-20)21(24)23-16-14-22(15-17-23)13-5-8-18-6-3-2-4-7-18/h2-12H,13-17H2,1H3/b8-5+. The van der Waals surface area contributed by atoms with E-state index in [1.807, 2.05) is 23.1 Å². The smallest absolute Gasteiger partial charge is 0.253 e. The molecule has 5 heteroatoms. The topological polar surface area (TPSA) is 40.6 Å². The van der Waals surface area contributed by atoms with Gasteiger partial charge in [0.1, 0.15) is 0 Å². The maximum atomic E-state index is 12.6. The molecular weight excluding hydrogens is 344 g/mol. The largest absolute Gasteiger partial charge is 0.336 e. The number of rotatable bonds is 5. The Morgan fingerprint density at radius 3 is 2.27 bits per heavy atom. The molecule has 1 saturated heterocycles. The van der Waals surface area contributed by atoms with Crippen molar-refractivity contribution in [3.63, 3.8) is 0 Å². The van der Waals surface area contributed by atoms with Crippen LogP contribution in [0.2, 0.25) is 0 Å². The highest BCUT2D eigenvalue weighted by molar-refractivity contribution is 7.84. The van der Waals surface area contributed by atoms with Crippen LogP contribution in [0.4, 0.5) is 0 Å². The van der Waals surface area contributed by atoms with E-state index >= 15 is 0 Å². The van der Waals surface area contributed by atoms with Crippen molar-refractivity contribution < 1.29 is 9.00 Å². The van der Waals surface area contributed by atoms with Crippen LogP contribution >= 0.6 is 0 Å². The molecule has 2 aromatic carbocycles. The molecule has 1 aliphatic rings. The molecule has 0 aliphatic carbocycles. The van der Waals surface area contributed by atoms with Gasteiger partial charge in [0.05, 0.1) is 0 Å². The Kier molecular flexibility index (Phi) is 6.36. The summed E-state index contributed by atoms with van der Waals surface area (Å²) < 4.78 is 11.4. The van der Waals surface area contributed by atoms with Crippen molar-refractivity contribution >= 4 is 22.8 Å².